The second-order valence-corrected chi connectivity index (χ2v) is 10.2. The monoisotopic (exact) mass is 390 g/mol. The smallest absolute Gasteiger partial charge is 0.282 e. The highest BCUT2D eigenvalue weighted by Gasteiger charge is 2.31. The molecule has 0 aliphatic rings. The van der Waals surface area contributed by atoms with Gasteiger partial charge in [0.2, 0.25) is 0 Å². The Labute approximate surface area is 164 Å². The van der Waals surface area contributed by atoms with Gasteiger partial charge in [0, 0.05) is 5.39 Å². The molecule has 0 saturated heterocycles. The van der Waals surface area contributed by atoms with E-state index < -0.39 is 10.1 Å². The van der Waals surface area contributed by atoms with Crippen LogP contribution in [0, 0.1) is 6.92 Å². The molecule has 0 amide bonds. The minimum absolute atomic E-state index is 0.00923. The molecule has 0 radical (unpaired) electrons. The quantitative estimate of drug-likeness (QED) is 0.566. The molecule has 1 N–H and O–H groups in total. The third-order valence-corrected chi connectivity index (χ3v) is 6.33. The molecule has 0 spiro atoms. The van der Waals surface area contributed by atoms with Crippen LogP contribution in [0.3, 0.4) is 0 Å². The van der Waals surface area contributed by atoms with Gasteiger partial charge in [-0.15, -0.1) is 0 Å². The molecule has 0 saturated carbocycles. The molecule has 3 nitrogen and oxygen atoms in total. The normalized spacial score (nSPS) is 13.0. The highest BCUT2D eigenvalue weighted by molar-refractivity contribution is 7.86. The molecule has 0 aliphatic carbocycles. The number of fused-ring (bicyclic) bond motifs is 1. The molecule has 2 aromatic carbocycles. The fourth-order valence-corrected chi connectivity index (χ4v) is 5.64. The molecule has 2 rings (SSSR count). The van der Waals surface area contributed by atoms with E-state index in [0.29, 0.717) is 5.39 Å². The van der Waals surface area contributed by atoms with Crippen molar-refractivity contribution in [2.24, 2.45) is 0 Å². The van der Waals surface area contributed by atoms with Gasteiger partial charge in [-0.05, 0) is 63.8 Å². The van der Waals surface area contributed by atoms with Crippen LogP contribution < -0.4 is 0 Å². The lowest BCUT2D eigenvalue weighted by molar-refractivity contribution is 0.482. The van der Waals surface area contributed by atoms with Crippen molar-refractivity contribution in [2.45, 2.75) is 90.9 Å². The minimum Gasteiger partial charge on any atom is -0.282 e. The predicted octanol–water partition coefficient (Wildman–Crippen LogP) is 6.89. The van der Waals surface area contributed by atoms with Gasteiger partial charge in [0.15, 0.2) is 0 Å². The zero-order chi connectivity index (χ0) is 20.8. The average molecular weight is 391 g/mol. The molecule has 0 heterocycles. The maximum atomic E-state index is 12.5. The Balaban J connectivity index is 3.40. The van der Waals surface area contributed by atoms with Crippen molar-refractivity contribution in [3.05, 3.63) is 39.9 Å². The molecule has 0 atom stereocenters. The van der Waals surface area contributed by atoms with Gasteiger partial charge in [-0.2, -0.15) is 8.42 Å². The van der Waals surface area contributed by atoms with Gasteiger partial charge in [0.1, 0.15) is 4.90 Å². The number of aryl methyl sites for hydroxylation is 1. The first-order valence-electron chi connectivity index (χ1n) is 9.90. The average Bonchev–Trinajstić information content (AvgIpc) is 2.50. The second-order valence-electron chi connectivity index (χ2n) is 8.88. The maximum Gasteiger partial charge on any atom is 0.295 e. The SMILES string of the molecule is Cc1ccc2c(S(=O)(=O)O)c(C(C)C)c(C(C)C)c(C(C)C)c2c1C(C)C. The summed E-state index contributed by atoms with van der Waals surface area (Å²) in [6.45, 7) is 18.9. The lowest BCUT2D eigenvalue weighted by Crippen LogP contribution is -2.15. The summed E-state index contributed by atoms with van der Waals surface area (Å²) < 4.78 is 35.3. The Morgan fingerprint density at radius 1 is 0.704 bits per heavy atom. The van der Waals surface area contributed by atoms with E-state index in [1.807, 2.05) is 26.0 Å². The highest BCUT2D eigenvalue weighted by atomic mass is 32.2. The van der Waals surface area contributed by atoms with Crippen molar-refractivity contribution in [3.63, 3.8) is 0 Å². The topological polar surface area (TPSA) is 54.4 Å². The zero-order valence-electron chi connectivity index (χ0n) is 18.1. The standard InChI is InChI=1S/C23H34O3S/c1-12(2)18-16(9)10-11-17-22(18)20(14(5)6)19(13(3)4)21(15(7)8)23(17)27(24,25)26/h10-15H,1-9H3,(H,24,25,26). The van der Waals surface area contributed by atoms with Crippen LogP contribution in [0.25, 0.3) is 10.8 Å². The number of hydrogen-bond acceptors (Lipinski definition) is 2. The van der Waals surface area contributed by atoms with Crippen LogP contribution in [0.2, 0.25) is 0 Å². The lowest BCUT2D eigenvalue weighted by atomic mass is 9.77. The Hall–Kier alpha value is -1.39. The number of rotatable bonds is 5. The second kappa shape index (κ2) is 7.56. The van der Waals surface area contributed by atoms with Crippen molar-refractivity contribution >= 4 is 20.9 Å². The van der Waals surface area contributed by atoms with E-state index in [-0.39, 0.29) is 28.6 Å². The first-order chi connectivity index (χ1) is 12.3. The molecular weight excluding hydrogens is 356 g/mol. The largest absolute Gasteiger partial charge is 0.295 e. The van der Waals surface area contributed by atoms with Crippen LogP contribution in [0.1, 0.15) is 107 Å². The fourth-order valence-electron chi connectivity index (χ4n) is 4.57. The van der Waals surface area contributed by atoms with Crippen molar-refractivity contribution < 1.29 is 13.0 Å². The van der Waals surface area contributed by atoms with Crippen LogP contribution in [0.15, 0.2) is 17.0 Å². The van der Waals surface area contributed by atoms with E-state index in [1.165, 1.54) is 11.1 Å². The molecular formula is C23H34O3S. The Morgan fingerprint density at radius 2 is 1.15 bits per heavy atom. The Kier molecular flexibility index (Phi) is 6.13. The Bertz CT molecular complexity index is 965. The van der Waals surface area contributed by atoms with Gasteiger partial charge in [0.25, 0.3) is 10.1 Å². The summed E-state index contributed by atoms with van der Waals surface area (Å²) in [7, 11) is -4.36. The van der Waals surface area contributed by atoms with Crippen LogP contribution >= 0.6 is 0 Å². The highest BCUT2D eigenvalue weighted by Crippen LogP contribution is 2.46. The van der Waals surface area contributed by atoms with Crippen LogP contribution in [-0.2, 0) is 10.1 Å². The molecule has 0 aromatic heterocycles. The van der Waals surface area contributed by atoms with Crippen molar-refractivity contribution in [1.82, 2.24) is 0 Å². The minimum atomic E-state index is -4.36. The first-order valence-corrected chi connectivity index (χ1v) is 11.3. The van der Waals surface area contributed by atoms with E-state index in [2.05, 4.69) is 48.5 Å². The van der Waals surface area contributed by atoms with Gasteiger partial charge in [-0.3, -0.25) is 4.55 Å². The third kappa shape index (κ3) is 3.79. The van der Waals surface area contributed by atoms with Gasteiger partial charge in [0.05, 0.1) is 0 Å². The van der Waals surface area contributed by atoms with Gasteiger partial charge >= 0.3 is 0 Å². The van der Waals surface area contributed by atoms with Gasteiger partial charge in [-0.25, -0.2) is 0 Å². The number of hydrogen-bond donors (Lipinski definition) is 1. The summed E-state index contributed by atoms with van der Waals surface area (Å²) in [5.41, 5.74) is 5.41. The van der Waals surface area contributed by atoms with E-state index in [1.54, 1.807) is 0 Å². The van der Waals surface area contributed by atoms with E-state index in [9.17, 15) is 13.0 Å². The van der Waals surface area contributed by atoms with Crippen molar-refractivity contribution in [2.75, 3.05) is 0 Å². The predicted molar refractivity (Wildman–Crippen MR) is 115 cm³/mol. The van der Waals surface area contributed by atoms with Crippen LogP contribution in [0.4, 0.5) is 0 Å². The summed E-state index contributed by atoms with van der Waals surface area (Å²) in [5, 5.41) is 1.67. The molecule has 2 aromatic rings. The molecule has 0 unspecified atom stereocenters. The third-order valence-electron chi connectivity index (χ3n) is 5.37. The van der Waals surface area contributed by atoms with Crippen molar-refractivity contribution in [3.8, 4) is 0 Å². The van der Waals surface area contributed by atoms with Crippen molar-refractivity contribution in [1.29, 1.82) is 0 Å². The van der Waals surface area contributed by atoms with Gasteiger partial charge < -0.3 is 0 Å². The molecule has 0 aliphatic heterocycles. The summed E-state index contributed by atoms with van der Waals surface area (Å²) in [6, 6.07) is 3.86. The summed E-state index contributed by atoms with van der Waals surface area (Å²) in [6.07, 6.45) is 0. The number of benzene rings is 2. The van der Waals surface area contributed by atoms with Crippen LogP contribution in [-0.4, -0.2) is 13.0 Å². The van der Waals surface area contributed by atoms with E-state index in [4.69, 9.17) is 0 Å². The van der Waals surface area contributed by atoms with E-state index >= 15 is 0 Å². The molecule has 0 fully saturated rings. The lowest BCUT2D eigenvalue weighted by Gasteiger charge is -2.29. The van der Waals surface area contributed by atoms with Crippen LogP contribution in [0.5, 0.6) is 0 Å². The zero-order valence-corrected chi connectivity index (χ0v) is 19.0. The first kappa shape index (κ1) is 21.9. The fraction of sp³-hybridized carbons (Fsp3) is 0.565. The molecule has 150 valence electrons. The Morgan fingerprint density at radius 3 is 1.52 bits per heavy atom. The summed E-state index contributed by atoms with van der Waals surface area (Å²) in [5.74, 6) is 0.651. The van der Waals surface area contributed by atoms with E-state index in [0.717, 1.165) is 22.1 Å². The molecule has 0 bridgehead atoms. The molecule has 4 heteroatoms. The van der Waals surface area contributed by atoms with Gasteiger partial charge in [-0.1, -0.05) is 67.5 Å². The molecule has 27 heavy (non-hydrogen) atoms. The summed E-state index contributed by atoms with van der Waals surface area (Å²) >= 11 is 0. The maximum absolute atomic E-state index is 12.5. The summed E-state index contributed by atoms with van der Waals surface area (Å²) in [4.78, 5) is 0.0995.